The molecule has 0 bridgehead atoms. The zero-order chi connectivity index (χ0) is 14.1. The van der Waals surface area contributed by atoms with E-state index < -0.39 is 0 Å². The fraction of sp³-hybridized carbons (Fsp3) is 0.200. The van der Waals surface area contributed by atoms with Crippen molar-refractivity contribution in [2.75, 3.05) is 17.2 Å². The lowest BCUT2D eigenvalue weighted by Gasteiger charge is -2.29. The number of benzene rings is 1. The topological polar surface area (TPSA) is 42.3 Å². The molecule has 0 aliphatic carbocycles. The molecule has 2 aromatic rings. The van der Waals surface area contributed by atoms with Crippen molar-refractivity contribution in [3.8, 4) is 0 Å². The molecule has 102 valence electrons. The molecule has 1 aliphatic heterocycles. The zero-order valence-corrected chi connectivity index (χ0v) is 11.9. The minimum Gasteiger partial charge on any atom is -0.318 e. The molecular weight excluding hydrogens is 272 g/mol. The van der Waals surface area contributed by atoms with Crippen molar-refractivity contribution in [1.82, 2.24) is 4.57 Å². The van der Waals surface area contributed by atoms with E-state index in [0.717, 1.165) is 16.3 Å². The van der Waals surface area contributed by atoms with Gasteiger partial charge in [0, 0.05) is 36.5 Å². The number of amides is 1. The van der Waals surface area contributed by atoms with Crippen molar-refractivity contribution >= 4 is 23.4 Å². The Hall–Kier alpha value is -2.01. The second-order valence-electron chi connectivity index (χ2n) is 4.64. The van der Waals surface area contributed by atoms with E-state index in [1.165, 1.54) is 10.6 Å². The minimum atomic E-state index is -0.115. The third-order valence-corrected chi connectivity index (χ3v) is 4.35. The van der Waals surface area contributed by atoms with E-state index in [4.69, 9.17) is 0 Å². The predicted molar refractivity (Wildman–Crippen MR) is 80.5 cm³/mol. The lowest BCUT2D eigenvalue weighted by Crippen LogP contribution is -2.36. The lowest BCUT2D eigenvalue weighted by molar-refractivity contribution is 0.0987. The number of nitrogens with zero attached hydrogens (tertiary/aromatic N) is 2. The minimum absolute atomic E-state index is 0.0617. The summed E-state index contributed by atoms with van der Waals surface area (Å²) in [7, 11) is 1.65. The first-order valence-electron chi connectivity index (χ1n) is 6.37. The second kappa shape index (κ2) is 5.17. The summed E-state index contributed by atoms with van der Waals surface area (Å²) < 4.78 is 1.43. The monoisotopic (exact) mass is 286 g/mol. The molecule has 0 atom stereocenters. The summed E-state index contributed by atoms with van der Waals surface area (Å²) in [5.41, 5.74) is 1.37. The molecule has 0 N–H and O–H groups in total. The number of para-hydroxylation sites is 1. The van der Waals surface area contributed by atoms with Gasteiger partial charge in [-0.3, -0.25) is 9.59 Å². The Balaban J connectivity index is 1.99. The van der Waals surface area contributed by atoms with Crippen molar-refractivity contribution in [2.24, 2.45) is 7.05 Å². The highest BCUT2D eigenvalue weighted by molar-refractivity contribution is 7.99. The lowest BCUT2D eigenvalue weighted by atomic mass is 10.2. The van der Waals surface area contributed by atoms with E-state index in [1.807, 2.05) is 24.3 Å². The van der Waals surface area contributed by atoms with Crippen LogP contribution in [0, 0.1) is 0 Å². The highest BCUT2D eigenvalue weighted by Gasteiger charge is 2.23. The fourth-order valence-corrected chi connectivity index (χ4v) is 3.25. The van der Waals surface area contributed by atoms with Crippen LogP contribution in [0.15, 0.2) is 52.3 Å². The van der Waals surface area contributed by atoms with Crippen LogP contribution in [0.2, 0.25) is 0 Å². The van der Waals surface area contributed by atoms with Crippen LogP contribution in [-0.4, -0.2) is 22.8 Å². The molecule has 0 fully saturated rings. The van der Waals surface area contributed by atoms with Gasteiger partial charge in [0.05, 0.1) is 11.3 Å². The zero-order valence-electron chi connectivity index (χ0n) is 11.1. The van der Waals surface area contributed by atoms with Crippen molar-refractivity contribution in [1.29, 1.82) is 0 Å². The van der Waals surface area contributed by atoms with Crippen LogP contribution < -0.4 is 10.5 Å². The standard InChI is InChI=1S/C15H14N2O2S/c1-16-10-11(6-7-14(16)18)15(19)17-8-9-20-13-5-3-2-4-12(13)17/h2-7,10H,8-9H2,1H3. The molecule has 1 aromatic heterocycles. The molecule has 0 radical (unpaired) electrons. The van der Waals surface area contributed by atoms with Gasteiger partial charge in [0.2, 0.25) is 5.56 Å². The molecule has 0 spiro atoms. The Morgan fingerprint density at radius 2 is 2.00 bits per heavy atom. The highest BCUT2D eigenvalue weighted by atomic mass is 32.2. The van der Waals surface area contributed by atoms with Gasteiger partial charge < -0.3 is 9.47 Å². The number of hydrogen-bond donors (Lipinski definition) is 0. The van der Waals surface area contributed by atoms with E-state index in [9.17, 15) is 9.59 Å². The molecule has 4 nitrogen and oxygen atoms in total. The maximum atomic E-state index is 12.6. The first kappa shape index (κ1) is 13.0. The van der Waals surface area contributed by atoms with E-state index in [0.29, 0.717) is 12.1 Å². The number of carbonyl (C=O) groups excluding carboxylic acids is 1. The Bertz CT molecular complexity index is 724. The number of pyridine rings is 1. The van der Waals surface area contributed by atoms with Crippen LogP contribution in [0.5, 0.6) is 0 Å². The maximum Gasteiger partial charge on any atom is 0.259 e. The molecule has 20 heavy (non-hydrogen) atoms. The molecule has 1 amide bonds. The summed E-state index contributed by atoms with van der Waals surface area (Å²) in [5.74, 6) is 0.822. The number of thioether (sulfide) groups is 1. The van der Waals surface area contributed by atoms with E-state index in [-0.39, 0.29) is 11.5 Å². The largest absolute Gasteiger partial charge is 0.318 e. The van der Waals surface area contributed by atoms with Crippen molar-refractivity contribution in [3.63, 3.8) is 0 Å². The molecule has 3 rings (SSSR count). The van der Waals surface area contributed by atoms with Crippen molar-refractivity contribution in [2.45, 2.75) is 4.90 Å². The number of rotatable bonds is 1. The Kier molecular flexibility index (Phi) is 3.36. The number of fused-ring (bicyclic) bond motifs is 1. The molecule has 0 saturated heterocycles. The van der Waals surface area contributed by atoms with E-state index in [1.54, 1.807) is 36.0 Å². The number of anilines is 1. The molecule has 1 aromatic carbocycles. The van der Waals surface area contributed by atoms with E-state index in [2.05, 4.69) is 0 Å². The average Bonchev–Trinajstić information content (AvgIpc) is 2.49. The predicted octanol–water partition coefficient (Wildman–Crippen LogP) is 2.14. The van der Waals surface area contributed by atoms with Crippen LogP contribution in [0.3, 0.4) is 0 Å². The third-order valence-electron chi connectivity index (χ3n) is 3.31. The van der Waals surface area contributed by atoms with Gasteiger partial charge in [-0.15, -0.1) is 11.8 Å². The smallest absolute Gasteiger partial charge is 0.259 e. The number of carbonyl (C=O) groups is 1. The van der Waals surface area contributed by atoms with Gasteiger partial charge in [0.1, 0.15) is 0 Å². The highest BCUT2D eigenvalue weighted by Crippen LogP contribution is 2.34. The summed E-state index contributed by atoms with van der Waals surface area (Å²) in [6.07, 6.45) is 1.59. The van der Waals surface area contributed by atoms with Gasteiger partial charge in [0.25, 0.3) is 5.91 Å². The van der Waals surface area contributed by atoms with Crippen LogP contribution in [0.1, 0.15) is 10.4 Å². The summed E-state index contributed by atoms with van der Waals surface area (Å²) in [6.45, 7) is 0.684. The number of aromatic nitrogens is 1. The van der Waals surface area contributed by atoms with Crippen LogP contribution in [0.4, 0.5) is 5.69 Å². The van der Waals surface area contributed by atoms with Gasteiger partial charge in [0.15, 0.2) is 0 Å². The van der Waals surface area contributed by atoms with Crippen LogP contribution in [0.25, 0.3) is 0 Å². The Morgan fingerprint density at radius 1 is 1.20 bits per heavy atom. The molecule has 0 unspecified atom stereocenters. The van der Waals surface area contributed by atoms with Gasteiger partial charge >= 0.3 is 0 Å². The van der Waals surface area contributed by atoms with Gasteiger partial charge in [-0.25, -0.2) is 0 Å². The maximum absolute atomic E-state index is 12.6. The SMILES string of the molecule is Cn1cc(C(=O)N2CCSc3ccccc32)ccc1=O. The summed E-state index contributed by atoms with van der Waals surface area (Å²) >= 11 is 1.76. The third kappa shape index (κ3) is 2.25. The number of hydrogen-bond acceptors (Lipinski definition) is 3. The molecule has 1 aliphatic rings. The first-order chi connectivity index (χ1) is 9.66. The normalized spacial score (nSPS) is 13.9. The van der Waals surface area contributed by atoms with Crippen molar-refractivity contribution in [3.05, 3.63) is 58.5 Å². The summed E-state index contributed by atoms with van der Waals surface area (Å²) in [6, 6.07) is 10.9. The van der Waals surface area contributed by atoms with E-state index >= 15 is 0 Å². The number of aryl methyl sites for hydroxylation is 1. The molecule has 2 heterocycles. The summed E-state index contributed by atoms with van der Waals surface area (Å²) in [4.78, 5) is 26.9. The van der Waals surface area contributed by atoms with Gasteiger partial charge in [-0.1, -0.05) is 12.1 Å². The van der Waals surface area contributed by atoms with Crippen molar-refractivity contribution < 1.29 is 4.79 Å². The summed E-state index contributed by atoms with van der Waals surface area (Å²) in [5, 5.41) is 0. The first-order valence-corrected chi connectivity index (χ1v) is 7.36. The Labute approximate surface area is 121 Å². The fourth-order valence-electron chi connectivity index (χ4n) is 2.26. The van der Waals surface area contributed by atoms with Crippen LogP contribution in [-0.2, 0) is 7.05 Å². The molecule has 0 saturated carbocycles. The quantitative estimate of drug-likeness (QED) is 0.806. The molecule has 5 heteroatoms. The van der Waals surface area contributed by atoms with Gasteiger partial charge in [-0.05, 0) is 18.2 Å². The second-order valence-corrected chi connectivity index (χ2v) is 5.78. The van der Waals surface area contributed by atoms with Gasteiger partial charge in [-0.2, -0.15) is 0 Å². The van der Waals surface area contributed by atoms with Crippen LogP contribution >= 0.6 is 11.8 Å². The Morgan fingerprint density at radius 3 is 2.80 bits per heavy atom. The molecular formula is C15H14N2O2S. The average molecular weight is 286 g/mol.